The molecule has 0 heterocycles. The summed E-state index contributed by atoms with van der Waals surface area (Å²) >= 11 is 0. The summed E-state index contributed by atoms with van der Waals surface area (Å²) in [6.07, 6.45) is 4.68. The van der Waals surface area contributed by atoms with Gasteiger partial charge in [-0.2, -0.15) is 0 Å². The molecule has 1 rings (SSSR count). The van der Waals surface area contributed by atoms with Gasteiger partial charge in [0.05, 0.1) is 0 Å². The van der Waals surface area contributed by atoms with E-state index >= 15 is 0 Å². The average molecular weight is 154 g/mol. The van der Waals surface area contributed by atoms with E-state index < -0.39 is 0 Å². The Morgan fingerprint density at radius 2 is 1.82 bits per heavy atom. The fraction of sp³-hybridized carbons (Fsp3) is 0.900. The summed E-state index contributed by atoms with van der Waals surface area (Å²) in [5, 5.41) is 0. The third-order valence-corrected chi connectivity index (χ3v) is 3.43. The van der Waals surface area contributed by atoms with Crippen molar-refractivity contribution in [1.29, 1.82) is 0 Å². The SMILES string of the molecule is CC(C)C(C)C1(C=O)CCC1. The summed E-state index contributed by atoms with van der Waals surface area (Å²) in [5.74, 6) is 1.20. The van der Waals surface area contributed by atoms with Gasteiger partial charge in [0.2, 0.25) is 0 Å². The van der Waals surface area contributed by atoms with Crippen LogP contribution < -0.4 is 0 Å². The van der Waals surface area contributed by atoms with Gasteiger partial charge in [-0.25, -0.2) is 0 Å². The van der Waals surface area contributed by atoms with Crippen molar-refractivity contribution < 1.29 is 4.79 Å². The van der Waals surface area contributed by atoms with E-state index in [-0.39, 0.29) is 5.41 Å². The van der Waals surface area contributed by atoms with Crippen molar-refractivity contribution in [1.82, 2.24) is 0 Å². The number of carbonyl (C=O) groups is 1. The lowest BCUT2D eigenvalue weighted by atomic mass is 9.60. The molecule has 0 aromatic carbocycles. The van der Waals surface area contributed by atoms with E-state index in [0.717, 1.165) is 12.8 Å². The van der Waals surface area contributed by atoms with E-state index in [1.165, 1.54) is 12.7 Å². The number of rotatable bonds is 3. The fourth-order valence-electron chi connectivity index (χ4n) is 1.93. The van der Waals surface area contributed by atoms with Gasteiger partial charge < -0.3 is 4.79 Å². The quantitative estimate of drug-likeness (QED) is 0.571. The standard InChI is InChI=1S/C10H18O/c1-8(2)9(3)10(7-11)5-4-6-10/h7-9H,4-6H2,1-3H3. The molecule has 11 heavy (non-hydrogen) atoms. The molecule has 1 atom stereocenters. The van der Waals surface area contributed by atoms with Gasteiger partial charge >= 0.3 is 0 Å². The molecule has 0 bridgehead atoms. The molecule has 1 nitrogen and oxygen atoms in total. The minimum absolute atomic E-state index is 0.0637. The Labute approximate surface area is 69.2 Å². The lowest BCUT2D eigenvalue weighted by Crippen LogP contribution is -2.39. The monoisotopic (exact) mass is 154 g/mol. The van der Waals surface area contributed by atoms with Crippen molar-refractivity contribution >= 4 is 6.29 Å². The average Bonchev–Trinajstić information content (AvgIpc) is 1.86. The van der Waals surface area contributed by atoms with Crippen molar-refractivity contribution in [2.45, 2.75) is 40.0 Å². The smallest absolute Gasteiger partial charge is 0.126 e. The summed E-state index contributed by atoms with van der Waals surface area (Å²) in [4.78, 5) is 10.9. The molecule has 1 saturated carbocycles. The molecule has 0 spiro atoms. The molecular formula is C10H18O. The molecule has 0 aromatic heterocycles. The molecule has 0 amide bonds. The van der Waals surface area contributed by atoms with Crippen LogP contribution in [0.4, 0.5) is 0 Å². The highest BCUT2D eigenvalue weighted by Crippen LogP contribution is 2.47. The number of aldehydes is 1. The van der Waals surface area contributed by atoms with Gasteiger partial charge in [0, 0.05) is 5.41 Å². The molecule has 64 valence electrons. The zero-order valence-electron chi connectivity index (χ0n) is 7.76. The van der Waals surface area contributed by atoms with E-state index in [2.05, 4.69) is 20.8 Å². The molecule has 1 unspecified atom stereocenters. The Morgan fingerprint density at radius 1 is 1.27 bits per heavy atom. The highest BCUT2D eigenvalue weighted by molar-refractivity contribution is 5.61. The van der Waals surface area contributed by atoms with Crippen LogP contribution in [-0.4, -0.2) is 6.29 Å². The Bertz CT molecular complexity index is 145. The normalized spacial score (nSPS) is 24.4. The predicted octanol–water partition coefficient (Wildman–Crippen LogP) is 2.65. The third-order valence-electron chi connectivity index (χ3n) is 3.43. The molecule has 0 aliphatic heterocycles. The second kappa shape index (κ2) is 2.96. The first-order valence-corrected chi connectivity index (χ1v) is 4.59. The lowest BCUT2D eigenvalue weighted by Gasteiger charge is -2.43. The van der Waals surface area contributed by atoms with Crippen molar-refractivity contribution in [3.8, 4) is 0 Å². The minimum Gasteiger partial charge on any atom is -0.303 e. The Kier molecular flexibility index (Phi) is 2.36. The second-order valence-corrected chi connectivity index (χ2v) is 4.24. The van der Waals surface area contributed by atoms with Crippen LogP contribution in [0, 0.1) is 17.3 Å². The van der Waals surface area contributed by atoms with Crippen LogP contribution in [0.1, 0.15) is 40.0 Å². The molecule has 1 aliphatic rings. The van der Waals surface area contributed by atoms with Crippen molar-refractivity contribution in [2.24, 2.45) is 17.3 Å². The van der Waals surface area contributed by atoms with Gasteiger partial charge in [-0.1, -0.05) is 27.2 Å². The van der Waals surface area contributed by atoms with E-state index in [9.17, 15) is 4.79 Å². The Hall–Kier alpha value is -0.330. The topological polar surface area (TPSA) is 17.1 Å². The molecule has 0 saturated heterocycles. The molecular weight excluding hydrogens is 136 g/mol. The van der Waals surface area contributed by atoms with E-state index in [0.29, 0.717) is 11.8 Å². The highest BCUT2D eigenvalue weighted by atomic mass is 16.1. The summed E-state index contributed by atoms with van der Waals surface area (Å²) in [6, 6.07) is 0. The van der Waals surface area contributed by atoms with Crippen LogP contribution >= 0.6 is 0 Å². The van der Waals surface area contributed by atoms with Crippen molar-refractivity contribution in [3.05, 3.63) is 0 Å². The maximum Gasteiger partial charge on any atom is 0.126 e. The summed E-state index contributed by atoms with van der Waals surface area (Å²) in [6.45, 7) is 6.61. The second-order valence-electron chi connectivity index (χ2n) is 4.24. The summed E-state index contributed by atoms with van der Waals surface area (Å²) in [7, 11) is 0. The number of hydrogen-bond acceptors (Lipinski definition) is 1. The molecule has 1 fully saturated rings. The van der Waals surface area contributed by atoms with Crippen LogP contribution in [0.3, 0.4) is 0 Å². The zero-order valence-corrected chi connectivity index (χ0v) is 7.76. The summed E-state index contributed by atoms with van der Waals surface area (Å²) < 4.78 is 0. The van der Waals surface area contributed by atoms with Gasteiger partial charge in [0.1, 0.15) is 6.29 Å². The molecule has 1 aliphatic carbocycles. The Balaban J connectivity index is 2.61. The fourth-order valence-corrected chi connectivity index (χ4v) is 1.93. The predicted molar refractivity (Wildman–Crippen MR) is 46.4 cm³/mol. The van der Waals surface area contributed by atoms with Gasteiger partial charge in [0.25, 0.3) is 0 Å². The van der Waals surface area contributed by atoms with E-state index in [4.69, 9.17) is 0 Å². The van der Waals surface area contributed by atoms with Gasteiger partial charge in [-0.05, 0) is 24.7 Å². The maximum absolute atomic E-state index is 10.9. The van der Waals surface area contributed by atoms with Crippen LogP contribution in [0.5, 0.6) is 0 Å². The van der Waals surface area contributed by atoms with Crippen LogP contribution in [-0.2, 0) is 4.79 Å². The number of hydrogen-bond donors (Lipinski definition) is 0. The molecule has 1 heteroatoms. The molecule has 0 N–H and O–H groups in total. The Morgan fingerprint density at radius 3 is 1.91 bits per heavy atom. The third kappa shape index (κ3) is 1.33. The van der Waals surface area contributed by atoms with Gasteiger partial charge in [-0.15, -0.1) is 0 Å². The molecule has 0 aromatic rings. The minimum atomic E-state index is 0.0637. The lowest BCUT2D eigenvalue weighted by molar-refractivity contribution is -0.125. The maximum atomic E-state index is 10.9. The van der Waals surface area contributed by atoms with E-state index in [1.54, 1.807) is 0 Å². The zero-order chi connectivity index (χ0) is 8.48. The molecule has 0 radical (unpaired) electrons. The van der Waals surface area contributed by atoms with Gasteiger partial charge in [0.15, 0.2) is 0 Å². The largest absolute Gasteiger partial charge is 0.303 e. The van der Waals surface area contributed by atoms with Crippen molar-refractivity contribution in [2.75, 3.05) is 0 Å². The van der Waals surface area contributed by atoms with Crippen LogP contribution in [0.2, 0.25) is 0 Å². The van der Waals surface area contributed by atoms with Crippen molar-refractivity contribution in [3.63, 3.8) is 0 Å². The summed E-state index contributed by atoms with van der Waals surface area (Å²) in [5.41, 5.74) is 0.0637. The van der Waals surface area contributed by atoms with Gasteiger partial charge in [-0.3, -0.25) is 0 Å². The number of carbonyl (C=O) groups excluding carboxylic acids is 1. The van der Waals surface area contributed by atoms with Crippen LogP contribution in [0.25, 0.3) is 0 Å². The van der Waals surface area contributed by atoms with Crippen LogP contribution in [0.15, 0.2) is 0 Å². The highest BCUT2D eigenvalue weighted by Gasteiger charge is 2.42. The van der Waals surface area contributed by atoms with E-state index in [1.807, 2.05) is 0 Å². The first-order valence-electron chi connectivity index (χ1n) is 4.59. The first-order chi connectivity index (χ1) is 5.12. The first kappa shape index (κ1) is 8.76.